The molecule has 3 N–H and O–H groups in total. The largest absolute Gasteiger partial charge is 0.291 e. The van der Waals surface area contributed by atoms with Crippen LogP contribution in [0.3, 0.4) is 0 Å². The molecule has 78 valence electrons. The van der Waals surface area contributed by atoms with Crippen molar-refractivity contribution in [2.75, 3.05) is 0 Å². The minimum atomic E-state index is -0.191. The van der Waals surface area contributed by atoms with Gasteiger partial charge in [0.15, 0.2) is 6.54 Å². The number of imidazole rings is 1. The summed E-state index contributed by atoms with van der Waals surface area (Å²) in [6.07, 6.45) is 8.05. The molecule has 1 amide bonds. The van der Waals surface area contributed by atoms with Crippen LogP contribution in [0.4, 0.5) is 0 Å². The second-order valence-corrected chi connectivity index (χ2v) is 3.24. The molecule has 0 aliphatic rings. The summed E-state index contributed by atoms with van der Waals surface area (Å²) in [4.78, 5) is 10.9. The Morgan fingerprint density at radius 3 is 3.07 bits per heavy atom. The summed E-state index contributed by atoms with van der Waals surface area (Å²) in [7, 11) is 0. The maximum absolute atomic E-state index is 10.9. The van der Waals surface area contributed by atoms with Gasteiger partial charge in [-0.1, -0.05) is 13.3 Å². The number of nitrogens with one attached hydrogen (secondary N) is 1. The summed E-state index contributed by atoms with van der Waals surface area (Å²) in [6.45, 7) is 3.42. The van der Waals surface area contributed by atoms with Gasteiger partial charge in [-0.2, -0.15) is 0 Å². The van der Waals surface area contributed by atoms with Crippen LogP contribution in [0.1, 0.15) is 19.8 Å². The summed E-state index contributed by atoms with van der Waals surface area (Å²) in [5.74, 6) is 4.80. The lowest BCUT2D eigenvalue weighted by molar-refractivity contribution is -0.684. The fourth-order valence-corrected chi connectivity index (χ4v) is 1.22. The van der Waals surface area contributed by atoms with Crippen molar-refractivity contribution in [1.82, 2.24) is 9.99 Å². The topological polar surface area (TPSA) is 63.9 Å². The number of carbonyl (C=O) groups excluding carboxylic acids is 1. The molecule has 0 radical (unpaired) electrons. The van der Waals surface area contributed by atoms with E-state index in [1.54, 1.807) is 4.57 Å². The maximum atomic E-state index is 10.9. The highest BCUT2D eigenvalue weighted by Gasteiger charge is 2.06. The average molecular weight is 197 g/mol. The molecule has 0 atom stereocenters. The van der Waals surface area contributed by atoms with E-state index in [1.165, 1.54) is 6.42 Å². The quantitative estimate of drug-likeness (QED) is 0.291. The van der Waals surface area contributed by atoms with Crippen LogP contribution in [-0.4, -0.2) is 10.5 Å². The molecule has 0 saturated carbocycles. The Balaban J connectivity index is 2.46. The first-order valence-corrected chi connectivity index (χ1v) is 4.80. The van der Waals surface area contributed by atoms with Crippen molar-refractivity contribution in [3.8, 4) is 0 Å². The molecule has 14 heavy (non-hydrogen) atoms. The van der Waals surface area contributed by atoms with Gasteiger partial charge in [0.2, 0.25) is 6.33 Å². The van der Waals surface area contributed by atoms with Gasteiger partial charge < -0.3 is 0 Å². The number of hydrogen-bond donors (Lipinski definition) is 2. The number of aromatic nitrogens is 2. The van der Waals surface area contributed by atoms with Crippen LogP contribution in [0, 0.1) is 0 Å². The molecule has 0 fully saturated rings. The van der Waals surface area contributed by atoms with E-state index in [4.69, 9.17) is 5.84 Å². The van der Waals surface area contributed by atoms with E-state index in [2.05, 4.69) is 16.9 Å². The Morgan fingerprint density at radius 1 is 1.64 bits per heavy atom. The van der Waals surface area contributed by atoms with Crippen molar-refractivity contribution in [1.29, 1.82) is 0 Å². The number of amides is 1. The lowest BCUT2D eigenvalue weighted by Crippen LogP contribution is -2.43. The van der Waals surface area contributed by atoms with Crippen LogP contribution in [0.25, 0.3) is 0 Å². The molecular weight excluding hydrogens is 180 g/mol. The van der Waals surface area contributed by atoms with Crippen LogP contribution in [-0.2, 0) is 17.9 Å². The first kappa shape index (κ1) is 10.7. The fraction of sp³-hybridized carbons (Fsp3) is 0.556. The first-order chi connectivity index (χ1) is 6.76. The Hall–Kier alpha value is -1.36. The van der Waals surface area contributed by atoms with Crippen molar-refractivity contribution in [2.45, 2.75) is 32.9 Å². The van der Waals surface area contributed by atoms with Gasteiger partial charge in [0.05, 0.1) is 6.54 Å². The third-order valence-electron chi connectivity index (χ3n) is 2.00. The number of carbonyl (C=O) groups is 1. The molecule has 0 aliphatic heterocycles. The Morgan fingerprint density at radius 2 is 2.43 bits per heavy atom. The molecule has 1 aromatic rings. The Bertz CT molecular complexity index is 295. The summed E-state index contributed by atoms with van der Waals surface area (Å²) in [5.41, 5.74) is 2.10. The summed E-state index contributed by atoms with van der Waals surface area (Å²) < 4.78 is 3.87. The van der Waals surface area contributed by atoms with Crippen molar-refractivity contribution < 1.29 is 9.36 Å². The summed E-state index contributed by atoms with van der Waals surface area (Å²) in [6, 6.07) is 0. The molecule has 1 rings (SSSR count). The second kappa shape index (κ2) is 5.39. The molecule has 0 unspecified atom stereocenters. The minimum absolute atomic E-state index is 0.191. The highest BCUT2D eigenvalue weighted by molar-refractivity contribution is 5.73. The van der Waals surface area contributed by atoms with Crippen molar-refractivity contribution in [2.24, 2.45) is 5.84 Å². The number of unbranched alkanes of at least 4 members (excludes halogenated alkanes) is 1. The SMILES string of the molecule is CCCCn1cc[n+](CC(=O)NN)c1. The minimum Gasteiger partial charge on any atom is -0.291 e. The van der Waals surface area contributed by atoms with Crippen molar-refractivity contribution in [3.63, 3.8) is 0 Å². The van der Waals surface area contributed by atoms with Gasteiger partial charge in [-0.05, 0) is 6.42 Å². The van der Waals surface area contributed by atoms with Crippen molar-refractivity contribution in [3.05, 3.63) is 18.7 Å². The Labute approximate surface area is 83.5 Å². The summed E-state index contributed by atoms with van der Waals surface area (Å²) in [5, 5.41) is 0. The van der Waals surface area contributed by atoms with Crippen LogP contribution in [0.15, 0.2) is 18.7 Å². The molecule has 0 saturated heterocycles. The number of nitrogens with two attached hydrogens (primary N) is 1. The molecule has 1 heterocycles. The predicted octanol–water partition coefficient (Wildman–Crippen LogP) is -0.434. The molecule has 0 aliphatic carbocycles. The number of nitrogens with zero attached hydrogens (tertiary/aromatic N) is 2. The van der Waals surface area contributed by atoms with E-state index in [-0.39, 0.29) is 12.5 Å². The lowest BCUT2D eigenvalue weighted by Gasteiger charge is -1.94. The molecule has 5 heteroatoms. The lowest BCUT2D eigenvalue weighted by atomic mass is 10.3. The zero-order valence-corrected chi connectivity index (χ0v) is 8.44. The molecular formula is C9H17N4O+. The third kappa shape index (κ3) is 3.18. The van der Waals surface area contributed by atoms with Crippen LogP contribution < -0.4 is 15.8 Å². The predicted molar refractivity (Wildman–Crippen MR) is 51.9 cm³/mol. The zero-order chi connectivity index (χ0) is 10.4. The number of aryl methyl sites for hydroxylation is 1. The van der Waals surface area contributed by atoms with E-state index in [0.717, 1.165) is 13.0 Å². The van der Waals surface area contributed by atoms with E-state index >= 15 is 0 Å². The van der Waals surface area contributed by atoms with E-state index < -0.39 is 0 Å². The highest BCUT2D eigenvalue weighted by Crippen LogP contribution is 1.92. The van der Waals surface area contributed by atoms with Crippen molar-refractivity contribution >= 4 is 5.91 Å². The van der Waals surface area contributed by atoms with Gasteiger partial charge in [0.25, 0.3) is 5.91 Å². The van der Waals surface area contributed by atoms with Crippen LogP contribution in [0.2, 0.25) is 0 Å². The molecule has 0 aromatic carbocycles. The normalized spacial score (nSPS) is 10.1. The van der Waals surface area contributed by atoms with E-state index in [0.29, 0.717) is 0 Å². The fourth-order valence-electron chi connectivity index (χ4n) is 1.22. The smallest absolute Gasteiger partial charge is 0.276 e. The van der Waals surface area contributed by atoms with Crippen LogP contribution >= 0.6 is 0 Å². The Kier molecular flexibility index (Phi) is 4.12. The van der Waals surface area contributed by atoms with E-state index in [1.807, 2.05) is 18.7 Å². The first-order valence-electron chi connectivity index (χ1n) is 4.80. The van der Waals surface area contributed by atoms with Gasteiger partial charge in [0.1, 0.15) is 12.4 Å². The van der Waals surface area contributed by atoms with Gasteiger partial charge >= 0.3 is 0 Å². The molecule has 1 aromatic heterocycles. The maximum Gasteiger partial charge on any atom is 0.276 e. The molecule has 0 bridgehead atoms. The molecule has 5 nitrogen and oxygen atoms in total. The van der Waals surface area contributed by atoms with E-state index in [9.17, 15) is 4.79 Å². The van der Waals surface area contributed by atoms with Gasteiger partial charge in [-0.25, -0.2) is 15.0 Å². The molecule has 0 spiro atoms. The number of rotatable bonds is 5. The van der Waals surface area contributed by atoms with Crippen LogP contribution in [0.5, 0.6) is 0 Å². The highest BCUT2D eigenvalue weighted by atomic mass is 16.2. The number of hydrazine groups is 1. The van der Waals surface area contributed by atoms with Gasteiger partial charge in [-0.15, -0.1) is 0 Å². The summed E-state index contributed by atoms with van der Waals surface area (Å²) >= 11 is 0. The standard InChI is InChI=1S/C9H16N4O/c1-2-3-4-12-5-6-13(8-12)7-9(14)11-10/h5-6,8H,2-4,7,10H2,1H3/p+1. The monoisotopic (exact) mass is 197 g/mol. The average Bonchev–Trinajstić information content (AvgIpc) is 2.62. The van der Waals surface area contributed by atoms with Gasteiger partial charge in [0, 0.05) is 0 Å². The second-order valence-electron chi connectivity index (χ2n) is 3.24. The zero-order valence-electron chi connectivity index (χ0n) is 8.44. The third-order valence-corrected chi connectivity index (χ3v) is 2.00. The number of hydrogen-bond acceptors (Lipinski definition) is 2. The van der Waals surface area contributed by atoms with Gasteiger partial charge in [-0.3, -0.25) is 10.2 Å².